The van der Waals surface area contributed by atoms with Crippen molar-refractivity contribution in [2.75, 3.05) is 12.8 Å². The molecule has 2 rings (SSSR count). The molecule has 0 saturated carbocycles. The summed E-state index contributed by atoms with van der Waals surface area (Å²) in [4.78, 5) is 20.2. The first kappa shape index (κ1) is 13.8. The molecule has 0 aliphatic carbocycles. The maximum Gasteiger partial charge on any atom is 0.251 e. The van der Waals surface area contributed by atoms with E-state index in [2.05, 4.69) is 15.3 Å². The highest BCUT2D eigenvalue weighted by Crippen LogP contribution is 2.21. The molecule has 0 bridgehead atoms. The summed E-state index contributed by atoms with van der Waals surface area (Å²) in [6.07, 6.45) is 1.66. The van der Waals surface area contributed by atoms with Gasteiger partial charge in [0.15, 0.2) is 0 Å². The van der Waals surface area contributed by atoms with Gasteiger partial charge in [-0.3, -0.25) is 4.79 Å². The molecule has 20 heavy (non-hydrogen) atoms. The minimum absolute atomic E-state index is 0.212. The van der Waals surface area contributed by atoms with Gasteiger partial charge in [0.1, 0.15) is 11.6 Å². The molecule has 104 valence electrons. The van der Waals surface area contributed by atoms with Gasteiger partial charge < -0.3 is 15.8 Å². The second kappa shape index (κ2) is 6.01. The standard InChI is InChI=1S/C14H16N4O2/c1-9-16-6-5-11(18-9)8-17-14(19)10-3-4-13(20-2)12(15)7-10/h3-7H,8,15H2,1-2H3,(H,17,19). The van der Waals surface area contributed by atoms with E-state index < -0.39 is 0 Å². The number of nitrogens with zero attached hydrogens (tertiary/aromatic N) is 2. The molecule has 0 saturated heterocycles. The number of aryl methyl sites for hydroxylation is 1. The van der Waals surface area contributed by atoms with Crippen LogP contribution in [0, 0.1) is 6.92 Å². The van der Waals surface area contributed by atoms with Crippen molar-refractivity contribution in [1.82, 2.24) is 15.3 Å². The fourth-order valence-electron chi connectivity index (χ4n) is 1.75. The van der Waals surface area contributed by atoms with Crippen LogP contribution in [0.3, 0.4) is 0 Å². The Hall–Kier alpha value is -2.63. The van der Waals surface area contributed by atoms with E-state index in [1.54, 1.807) is 37.4 Å². The molecule has 1 heterocycles. The summed E-state index contributed by atoms with van der Waals surface area (Å²) in [5, 5.41) is 2.78. The number of hydrogen-bond donors (Lipinski definition) is 2. The zero-order chi connectivity index (χ0) is 14.5. The molecule has 0 fully saturated rings. The van der Waals surface area contributed by atoms with Crippen LogP contribution in [0.15, 0.2) is 30.5 Å². The predicted molar refractivity (Wildman–Crippen MR) is 75.3 cm³/mol. The first-order valence-corrected chi connectivity index (χ1v) is 6.10. The van der Waals surface area contributed by atoms with Gasteiger partial charge in [0.2, 0.25) is 0 Å². The lowest BCUT2D eigenvalue weighted by Crippen LogP contribution is -2.23. The normalized spacial score (nSPS) is 10.1. The van der Waals surface area contributed by atoms with Crippen LogP contribution in [0.4, 0.5) is 5.69 Å². The molecule has 6 heteroatoms. The molecule has 0 unspecified atom stereocenters. The van der Waals surface area contributed by atoms with Gasteiger partial charge >= 0.3 is 0 Å². The average molecular weight is 272 g/mol. The molecule has 0 spiro atoms. The van der Waals surface area contributed by atoms with Crippen LogP contribution < -0.4 is 15.8 Å². The fourth-order valence-corrected chi connectivity index (χ4v) is 1.75. The highest BCUT2D eigenvalue weighted by atomic mass is 16.5. The van der Waals surface area contributed by atoms with Gasteiger partial charge in [-0.25, -0.2) is 9.97 Å². The van der Waals surface area contributed by atoms with Crippen molar-refractivity contribution in [3.8, 4) is 5.75 Å². The van der Waals surface area contributed by atoms with E-state index in [4.69, 9.17) is 10.5 Å². The molecule has 6 nitrogen and oxygen atoms in total. The Balaban J connectivity index is 2.03. The van der Waals surface area contributed by atoms with Gasteiger partial charge in [-0.2, -0.15) is 0 Å². The highest BCUT2D eigenvalue weighted by molar-refractivity contribution is 5.95. The van der Waals surface area contributed by atoms with Crippen LogP contribution in [-0.4, -0.2) is 23.0 Å². The largest absolute Gasteiger partial charge is 0.495 e. The van der Waals surface area contributed by atoms with Crippen molar-refractivity contribution < 1.29 is 9.53 Å². The molecule has 1 amide bonds. The number of rotatable bonds is 4. The van der Waals surface area contributed by atoms with Crippen molar-refractivity contribution in [1.29, 1.82) is 0 Å². The van der Waals surface area contributed by atoms with Crippen molar-refractivity contribution in [2.45, 2.75) is 13.5 Å². The number of nitrogens with two attached hydrogens (primary N) is 1. The number of nitrogen functional groups attached to an aromatic ring is 1. The maximum atomic E-state index is 12.0. The number of benzene rings is 1. The molecule has 0 atom stereocenters. The van der Waals surface area contributed by atoms with E-state index in [1.165, 1.54) is 7.11 Å². The number of carbonyl (C=O) groups excluding carboxylic acids is 1. The average Bonchev–Trinajstić information content (AvgIpc) is 2.44. The first-order chi connectivity index (χ1) is 9.60. The lowest BCUT2D eigenvalue weighted by molar-refractivity contribution is 0.0950. The number of carbonyl (C=O) groups is 1. The van der Waals surface area contributed by atoms with Crippen LogP contribution in [0.5, 0.6) is 5.75 Å². The minimum atomic E-state index is -0.212. The minimum Gasteiger partial charge on any atom is -0.495 e. The molecule has 1 aromatic heterocycles. The molecular formula is C14H16N4O2. The number of aromatic nitrogens is 2. The van der Waals surface area contributed by atoms with E-state index in [1.807, 2.05) is 0 Å². The number of amides is 1. The first-order valence-electron chi connectivity index (χ1n) is 6.10. The lowest BCUT2D eigenvalue weighted by Gasteiger charge is -2.08. The number of ether oxygens (including phenoxy) is 1. The second-order valence-corrected chi connectivity index (χ2v) is 4.23. The van der Waals surface area contributed by atoms with Crippen LogP contribution >= 0.6 is 0 Å². The topological polar surface area (TPSA) is 90.1 Å². The Bertz CT molecular complexity index is 628. The Labute approximate surface area is 117 Å². The molecule has 2 aromatic rings. The van der Waals surface area contributed by atoms with Gasteiger partial charge in [-0.05, 0) is 31.2 Å². The third kappa shape index (κ3) is 3.23. The van der Waals surface area contributed by atoms with Gasteiger partial charge in [-0.15, -0.1) is 0 Å². The van der Waals surface area contributed by atoms with E-state index in [0.29, 0.717) is 29.4 Å². The van der Waals surface area contributed by atoms with Crippen LogP contribution in [0.1, 0.15) is 21.9 Å². The summed E-state index contributed by atoms with van der Waals surface area (Å²) in [6.45, 7) is 2.14. The summed E-state index contributed by atoms with van der Waals surface area (Å²) in [5.74, 6) is 1.01. The third-order valence-corrected chi connectivity index (χ3v) is 2.76. The predicted octanol–water partition coefficient (Wildman–Crippen LogP) is 1.31. The molecule has 0 aliphatic rings. The summed E-state index contributed by atoms with van der Waals surface area (Å²) in [7, 11) is 1.53. The second-order valence-electron chi connectivity index (χ2n) is 4.23. The monoisotopic (exact) mass is 272 g/mol. The smallest absolute Gasteiger partial charge is 0.251 e. The Morgan fingerprint density at radius 1 is 1.40 bits per heavy atom. The zero-order valence-corrected chi connectivity index (χ0v) is 11.4. The van der Waals surface area contributed by atoms with Crippen molar-refractivity contribution in [3.05, 3.63) is 47.5 Å². The molecule has 0 radical (unpaired) electrons. The quantitative estimate of drug-likeness (QED) is 0.819. The van der Waals surface area contributed by atoms with Gasteiger partial charge in [-0.1, -0.05) is 0 Å². The summed E-state index contributed by atoms with van der Waals surface area (Å²) >= 11 is 0. The SMILES string of the molecule is COc1ccc(C(=O)NCc2ccnc(C)n2)cc1N. The van der Waals surface area contributed by atoms with E-state index in [9.17, 15) is 4.79 Å². The molecule has 3 N–H and O–H groups in total. The Morgan fingerprint density at radius 2 is 2.20 bits per heavy atom. The summed E-state index contributed by atoms with van der Waals surface area (Å²) in [5.41, 5.74) is 7.44. The Morgan fingerprint density at radius 3 is 2.85 bits per heavy atom. The van der Waals surface area contributed by atoms with Gasteiger partial charge in [0.25, 0.3) is 5.91 Å². The van der Waals surface area contributed by atoms with E-state index in [0.717, 1.165) is 5.69 Å². The van der Waals surface area contributed by atoms with E-state index >= 15 is 0 Å². The Kier molecular flexibility index (Phi) is 4.14. The number of methoxy groups -OCH3 is 1. The van der Waals surface area contributed by atoms with Crippen LogP contribution in [0.25, 0.3) is 0 Å². The highest BCUT2D eigenvalue weighted by Gasteiger charge is 2.08. The molecular weight excluding hydrogens is 256 g/mol. The van der Waals surface area contributed by atoms with Crippen LogP contribution in [-0.2, 0) is 6.54 Å². The number of nitrogens with one attached hydrogen (secondary N) is 1. The fraction of sp³-hybridized carbons (Fsp3) is 0.214. The number of anilines is 1. The molecule has 0 aliphatic heterocycles. The third-order valence-electron chi connectivity index (χ3n) is 2.76. The maximum absolute atomic E-state index is 12.0. The van der Waals surface area contributed by atoms with Gasteiger partial charge in [0.05, 0.1) is 25.0 Å². The lowest BCUT2D eigenvalue weighted by atomic mass is 10.1. The zero-order valence-electron chi connectivity index (χ0n) is 11.4. The summed E-state index contributed by atoms with van der Waals surface area (Å²) in [6, 6.07) is 6.67. The number of hydrogen-bond acceptors (Lipinski definition) is 5. The van der Waals surface area contributed by atoms with Crippen molar-refractivity contribution in [3.63, 3.8) is 0 Å². The van der Waals surface area contributed by atoms with Crippen molar-refractivity contribution in [2.24, 2.45) is 0 Å². The molecule has 1 aromatic carbocycles. The van der Waals surface area contributed by atoms with Crippen molar-refractivity contribution >= 4 is 11.6 Å². The van der Waals surface area contributed by atoms with Crippen LogP contribution in [0.2, 0.25) is 0 Å². The summed E-state index contributed by atoms with van der Waals surface area (Å²) < 4.78 is 5.05. The van der Waals surface area contributed by atoms with Gasteiger partial charge in [0, 0.05) is 11.8 Å². The van der Waals surface area contributed by atoms with E-state index in [-0.39, 0.29) is 5.91 Å².